The monoisotopic (exact) mass is 213 g/mol. The third kappa shape index (κ3) is 10.2. The van der Waals surface area contributed by atoms with Crippen LogP contribution >= 0.6 is 0 Å². The van der Waals surface area contributed by atoms with Gasteiger partial charge in [0.25, 0.3) is 0 Å². The summed E-state index contributed by atoms with van der Waals surface area (Å²) < 4.78 is 0. The summed E-state index contributed by atoms with van der Waals surface area (Å²) in [7, 11) is 0. The standard InChI is InChI=1S/C14H31N/c1-5-7-9-11-15(13-14(3)4)12-10-8-6-2/h14H,5-13H2,1-4H3. The van der Waals surface area contributed by atoms with Gasteiger partial charge in [0, 0.05) is 6.54 Å². The molecule has 0 N–H and O–H groups in total. The Kier molecular flexibility index (Phi) is 10.4. The first-order chi connectivity index (χ1) is 7.20. The molecule has 0 aromatic carbocycles. The van der Waals surface area contributed by atoms with Gasteiger partial charge in [-0.05, 0) is 31.8 Å². The van der Waals surface area contributed by atoms with E-state index in [-0.39, 0.29) is 0 Å². The smallest absolute Gasteiger partial charge is 0.000438 e. The summed E-state index contributed by atoms with van der Waals surface area (Å²) in [5.74, 6) is 0.813. The fraction of sp³-hybridized carbons (Fsp3) is 1.00. The molecule has 0 spiro atoms. The van der Waals surface area contributed by atoms with Gasteiger partial charge in [-0.15, -0.1) is 0 Å². The first-order valence-electron chi connectivity index (χ1n) is 6.93. The molecule has 0 aromatic rings. The summed E-state index contributed by atoms with van der Waals surface area (Å²) >= 11 is 0. The second-order valence-electron chi connectivity index (χ2n) is 5.11. The summed E-state index contributed by atoms with van der Waals surface area (Å²) in [6, 6.07) is 0. The minimum atomic E-state index is 0.813. The van der Waals surface area contributed by atoms with Gasteiger partial charge in [-0.2, -0.15) is 0 Å². The Morgan fingerprint density at radius 2 is 1.27 bits per heavy atom. The molecule has 0 radical (unpaired) electrons. The number of unbranched alkanes of at least 4 members (excludes halogenated alkanes) is 4. The Morgan fingerprint density at radius 1 is 0.800 bits per heavy atom. The van der Waals surface area contributed by atoms with Crippen LogP contribution in [0.1, 0.15) is 66.2 Å². The number of hydrogen-bond acceptors (Lipinski definition) is 1. The molecule has 0 aliphatic rings. The van der Waals surface area contributed by atoms with E-state index in [2.05, 4.69) is 32.6 Å². The van der Waals surface area contributed by atoms with Crippen molar-refractivity contribution in [2.24, 2.45) is 5.92 Å². The van der Waals surface area contributed by atoms with Gasteiger partial charge >= 0.3 is 0 Å². The molecule has 1 heteroatoms. The predicted molar refractivity (Wildman–Crippen MR) is 70.3 cm³/mol. The van der Waals surface area contributed by atoms with Crippen LogP contribution in [0.5, 0.6) is 0 Å². The second-order valence-corrected chi connectivity index (χ2v) is 5.11. The molecule has 0 aromatic heterocycles. The summed E-state index contributed by atoms with van der Waals surface area (Å²) in [5, 5.41) is 0. The van der Waals surface area contributed by atoms with E-state index in [0.29, 0.717) is 0 Å². The topological polar surface area (TPSA) is 3.24 Å². The second kappa shape index (κ2) is 10.5. The lowest BCUT2D eigenvalue weighted by Gasteiger charge is -2.24. The van der Waals surface area contributed by atoms with Crippen molar-refractivity contribution < 1.29 is 0 Å². The molecule has 1 nitrogen and oxygen atoms in total. The average Bonchev–Trinajstić information content (AvgIpc) is 2.17. The van der Waals surface area contributed by atoms with Crippen molar-refractivity contribution in [3.8, 4) is 0 Å². The molecule has 0 atom stereocenters. The molecule has 0 saturated carbocycles. The Hall–Kier alpha value is -0.0400. The first kappa shape index (κ1) is 15.0. The highest BCUT2D eigenvalue weighted by Crippen LogP contribution is 2.05. The Labute approximate surface area is 97.2 Å². The molecule has 0 bridgehead atoms. The zero-order valence-electron chi connectivity index (χ0n) is 11.4. The molecule has 0 heterocycles. The maximum atomic E-state index is 2.66. The van der Waals surface area contributed by atoms with Crippen molar-refractivity contribution >= 4 is 0 Å². The van der Waals surface area contributed by atoms with E-state index in [1.807, 2.05) is 0 Å². The van der Waals surface area contributed by atoms with Crippen molar-refractivity contribution in [3.63, 3.8) is 0 Å². The van der Waals surface area contributed by atoms with Crippen molar-refractivity contribution in [2.75, 3.05) is 19.6 Å². The minimum absolute atomic E-state index is 0.813. The third-order valence-electron chi connectivity index (χ3n) is 2.78. The van der Waals surface area contributed by atoms with Crippen LogP contribution in [0.4, 0.5) is 0 Å². The van der Waals surface area contributed by atoms with Crippen LogP contribution in [0, 0.1) is 5.92 Å². The number of nitrogens with zero attached hydrogens (tertiary/aromatic N) is 1. The molecule has 0 unspecified atom stereocenters. The van der Waals surface area contributed by atoms with E-state index < -0.39 is 0 Å². The Bertz CT molecular complexity index is 111. The zero-order valence-corrected chi connectivity index (χ0v) is 11.4. The predicted octanol–water partition coefficient (Wildman–Crippen LogP) is 4.32. The first-order valence-corrected chi connectivity index (χ1v) is 6.93. The average molecular weight is 213 g/mol. The molecule has 0 aliphatic carbocycles. The van der Waals surface area contributed by atoms with Gasteiger partial charge in [0.15, 0.2) is 0 Å². The van der Waals surface area contributed by atoms with Crippen molar-refractivity contribution in [2.45, 2.75) is 66.2 Å². The molecule has 0 rings (SSSR count). The maximum Gasteiger partial charge on any atom is 0.000438 e. The van der Waals surface area contributed by atoms with Crippen molar-refractivity contribution in [3.05, 3.63) is 0 Å². The third-order valence-corrected chi connectivity index (χ3v) is 2.78. The highest BCUT2D eigenvalue weighted by molar-refractivity contribution is 4.60. The van der Waals surface area contributed by atoms with Crippen LogP contribution in [0.25, 0.3) is 0 Å². The minimum Gasteiger partial charge on any atom is -0.303 e. The molecule has 0 amide bonds. The van der Waals surface area contributed by atoms with Gasteiger partial charge < -0.3 is 4.90 Å². The van der Waals surface area contributed by atoms with Gasteiger partial charge in [0.05, 0.1) is 0 Å². The lowest BCUT2D eigenvalue weighted by atomic mass is 10.1. The quantitative estimate of drug-likeness (QED) is 0.488. The summed E-state index contributed by atoms with van der Waals surface area (Å²) in [5.41, 5.74) is 0. The van der Waals surface area contributed by atoms with Gasteiger partial charge in [-0.25, -0.2) is 0 Å². The molecule has 0 fully saturated rings. The molecule has 92 valence electrons. The highest BCUT2D eigenvalue weighted by Gasteiger charge is 2.06. The van der Waals surface area contributed by atoms with Crippen molar-refractivity contribution in [1.29, 1.82) is 0 Å². The van der Waals surface area contributed by atoms with Gasteiger partial charge in [-0.1, -0.05) is 53.4 Å². The van der Waals surface area contributed by atoms with E-state index in [1.54, 1.807) is 0 Å². The van der Waals surface area contributed by atoms with Gasteiger partial charge in [-0.3, -0.25) is 0 Å². The van der Waals surface area contributed by atoms with Crippen LogP contribution in [0.15, 0.2) is 0 Å². The fourth-order valence-electron chi connectivity index (χ4n) is 1.98. The van der Waals surface area contributed by atoms with E-state index in [1.165, 1.54) is 58.2 Å². The number of hydrogen-bond donors (Lipinski definition) is 0. The highest BCUT2D eigenvalue weighted by atomic mass is 15.1. The largest absolute Gasteiger partial charge is 0.303 e. The number of rotatable bonds is 10. The molecule has 15 heavy (non-hydrogen) atoms. The van der Waals surface area contributed by atoms with Crippen molar-refractivity contribution in [1.82, 2.24) is 4.90 Å². The Morgan fingerprint density at radius 3 is 1.60 bits per heavy atom. The summed E-state index contributed by atoms with van der Waals surface area (Å²) in [6.07, 6.45) is 8.23. The van der Waals surface area contributed by atoms with Crippen LogP contribution < -0.4 is 0 Å². The van der Waals surface area contributed by atoms with Crippen LogP contribution in [0.2, 0.25) is 0 Å². The van der Waals surface area contributed by atoms with Gasteiger partial charge in [0.1, 0.15) is 0 Å². The lowest BCUT2D eigenvalue weighted by Crippen LogP contribution is -2.29. The molecular weight excluding hydrogens is 182 g/mol. The van der Waals surface area contributed by atoms with Crippen LogP contribution in [-0.4, -0.2) is 24.5 Å². The van der Waals surface area contributed by atoms with E-state index >= 15 is 0 Å². The summed E-state index contributed by atoms with van der Waals surface area (Å²) in [4.78, 5) is 2.66. The summed E-state index contributed by atoms with van der Waals surface area (Å²) in [6.45, 7) is 13.1. The SMILES string of the molecule is CCCCCN(CCCCC)CC(C)C. The normalized spacial score (nSPS) is 11.6. The van der Waals surface area contributed by atoms with Crippen LogP contribution in [-0.2, 0) is 0 Å². The zero-order chi connectivity index (χ0) is 11.5. The molecule has 0 saturated heterocycles. The van der Waals surface area contributed by atoms with Gasteiger partial charge in [0.2, 0.25) is 0 Å². The van der Waals surface area contributed by atoms with Crippen LogP contribution in [0.3, 0.4) is 0 Å². The maximum absolute atomic E-state index is 2.66. The van der Waals surface area contributed by atoms with E-state index in [0.717, 1.165) is 5.92 Å². The van der Waals surface area contributed by atoms with E-state index in [9.17, 15) is 0 Å². The Balaban J connectivity index is 3.63. The van der Waals surface area contributed by atoms with E-state index in [4.69, 9.17) is 0 Å². The fourth-order valence-corrected chi connectivity index (χ4v) is 1.98. The molecular formula is C14H31N. The lowest BCUT2D eigenvalue weighted by molar-refractivity contribution is 0.235. The molecule has 0 aliphatic heterocycles.